The molecule has 0 saturated heterocycles. The summed E-state index contributed by atoms with van der Waals surface area (Å²) in [7, 11) is -4.04. The van der Waals surface area contributed by atoms with Crippen molar-refractivity contribution in [3.05, 3.63) is 5.82 Å². The Kier molecular flexibility index (Phi) is 17.0. The first-order valence-electron chi connectivity index (χ1n) is 13.5. The summed E-state index contributed by atoms with van der Waals surface area (Å²) in [5, 5.41) is 38.6. The summed E-state index contributed by atoms with van der Waals surface area (Å²) >= 11 is 0. The molecule has 0 bridgehead atoms. The maximum absolute atomic E-state index is 12.2. The van der Waals surface area contributed by atoms with Crippen molar-refractivity contribution in [2.24, 2.45) is 0 Å². The Morgan fingerprint density at radius 1 is 0.860 bits per heavy atom. The van der Waals surface area contributed by atoms with Crippen LogP contribution in [0.1, 0.15) is 64.1 Å². The lowest BCUT2D eigenvalue weighted by atomic mass is 10.1. The minimum atomic E-state index is -4.04. The molecule has 0 saturated carbocycles. The number of sulfonamides is 1. The third kappa shape index (κ3) is 17.4. The molecule has 242 valence electrons. The minimum Gasteiger partial charge on any atom is -0.480 e. The molecule has 1 aromatic heterocycles. The number of carboxylic acid groups (broad SMARTS) is 2. The molecule has 0 aliphatic rings. The van der Waals surface area contributed by atoms with Crippen molar-refractivity contribution < 1.29 is 52.1 Å². The molecule has 0 aromatic carbocycles. The molecule has 0 radical (unpaired) electrons. The molecule has 20 heteroatoms. The lowest BCUT2D eigenvalue weighted by Gasteiger charge is -2.17. The van der Waals surface area contributed by atoms with E-state index in [-0.39, 0.29) is 45.1 Å². The van der Waals surface area contributed by atoms with Gasteiger partial charge in [-0.05, 0) is 43.0 Å². The van der Waals surface area contributed by atoms with Gasteiger partial charge in [0.25, 0.3) is 0 Å². The standard InChI is InChI=1S/C23H38N8O11S/c1-2-42-13-12-24-18(32)10-8-15(22(36)37)26-20(34)11-9-16(23(38)39)25-19(33)7-4-14-43(40,41)29-21(35)6-3-5-17-27-30-31-28-17/h15-16H,2-14H2,1H3,(H,24,32)(H,25,33)(H,26,34)(H,29,35)(H,36,37)(H,38,39)(H,27,28,30,31)/t15-,16-/m0/s1. The van der Waals surface area contributed by atoms with Crippen LogP contribution < -0.4 is 20.7 Å². The lowest BCUT2D eigenvalue weighted by Crippen LogP contribution is -2.44. The maximum Gasteiger partial charge on any atom is 0.326 e. The normalized spacial score (nSPS) is 12.5. The number of aromatic nitrogens is 4. The summed E-state index contributed by atoms with van der Waals surface area (Å²) in [6.45, 7) is 2.81. The Balaban J connectivity index is 2.40. The van der Waals surface area contributed by atoms with Crippen LogP contribution in [0.2, 0.25) is 0 Å². The fraction of sp³-hybridized carbons (Fsp3) is 0.696. The number of rotatable bonds is 23. The molecular formula is C23H38N8O11S. The van der Waals surface area contributed by atoms with E-state index in [1.807, 2.05) is 4.72 Å². The van der Waals surface area contributed by atoms with Crippen LogP contribution >= 0.6 is 0 Å². The van der Waals surface area contributed by atoms with E-state index in [0.717, 1.165) is 0 Å². The number of amides is 4. The lowest BCUT2D eigenvalue weighted by molar-refractivity contribution is -0.143. The van der Waals surface area contributed by atoms with Gasteiger partial charge in [0.1, 0.15) is 17.9 Å². The van der Waals surface area contributed by atoms with Crippen LogP contribution in [0.5, 0.6) is 0 Å². The van der Waals surface area contributed by atoms with E-state index >= 15 is 0 Å². The number of ether oxygens (including phenoxy) is 1. The average molecular weight is 635 g/mol. The highest BCUT2D eigenvalue weighted by atomic mass is 32.2. The van der Waals surface area contributed by atoms with Gasteiger partial charge in [0.05, 0.1) is 12.4 Å². The van der Waals surface area contributed by atoms with Gasteiger partial charge in [0.2, 0.25) is 33.7 Å². The molecule has 0 unspecified atom stereocenters. The van der Waals surface area contributed by atoms with Gasteiger partial charge in [0.15, 0.2) is 0 Å². The Morgan fingerprint density at radius 3 is 2.00 bits per heavy atom. The molecule has 4 amide bonds. The number of aromatic amines is 1. The number of aliphatic carboxylic acids is 2. The topological polar surface area (TPSA) is 289 Å². The quantitative estimate of drug-likeness (QED) is 0.0618. The van der Waals surface area contributed by atoms with Gasteiger partial charge >= 0.3 is 11.9 Å². The van der Waals surface area contributed by atoms with Crippen LogP contribution in [0.3, 0.4) is 0 Å². The average Bonchev–Trinajstić information content (AvgIpc) is 3.44. The monoisotopic (exact) mass is 634 g/mol. The van der Waals surface area contributed by atoms with Gasteiger partial charge in [-0.3, -0.25) is 23.9 Å². The van der Waals surface area contributed by atoms with Crippen LogP contribution in [0.15, 0.2) is 0 Å². The number of hydrogen-bond donors (Lipinski definition) is 7. The van der Waals surface area contributed by atoms with Gasteiger partial charge in [-0.15, -0.1) is 5.10 Å². The molecule has 1 aromatic rings. The first-order valence-corrected chi connectivity index (χ1v) is 15.1. The van der Waals surface area contributed by atoms with Crippen molar-refractivity contribution in [3.63, 3.8) is 0 Å². The third-order valence-corrected chi connectivity index (χ3v) is 7.02. The first kappa shape index (κ1) is 36.8. The smallest absolute Gasteiger partial charge is 0.326 e. The zero-order valence-electron chi connectivity index (χ0n) is 23.7. The van der Waals surface area contributed by atoms with E-state index in [9.17, 15) is 47.4 Å². The van der Waals surface area contributed by atoms with Gasteiger partial charge in [-0.2, -0.15) is 0 Å². The fourth-order valence-corrected chi connectivity index (χ4v) is 4.57. The molecular weight excluding hydrogens is 596 g/mol. The van der Waals surface area contributed by atoms with Gasteiger partial charge < -0.3 is 30.9 Å². The van der Waals surface area contributed by atoms with E-state index in [4.69, 9.17) is 4.74 Å². The number of tetrazole rings is 1. The number of carbonyl (C=O) groups is 6. The summed E-state index contributed by atoms with van der Waals surface area (Å²) in [5.41, 5.74) is 0. The summed E-state index contributed by atoms with van der Waals surface area (Å²) in [4.78, 5) is 71.2. The van der Waals surface area contributed by atoms with Gasteiger partial charge in [0, 0.05) is 45.3 Å². The molecule has 0 aliphatic heterocycles. The van der Waals surface area contributed by atoms with Crippen molar-refractivity contribution in [1.29, 1.82) is 0 Å². The molecule has 2 atom stereocenters. The zero-order valence-corrected chi connectivity index (χ0v) is 24.5. The van der Waals surface area contributed by atoms with Crippen molar-refractivity contribution >= 4 is 45.6 Å². The summed E-state index contributed by atoms with van der Waals surface area (Å²) in [5.74, 6) is -5.74. The van der Waals surface area contributed by atoms with Crippen molar-refractivity contribution in [2.75, 3.05) is 25.5 Å². The molecule has 0 spiro atoms. The van der Waals surface area contributed by atoms with Crippen molar-refractivity contribution in [3.8, 4) is 0 Å². The van der Waals surface area contributed by atoms with Crippen LogP contribution in [0, 0.1) is 0 Å². The van der Waals surface area contributed by atoms with Crippen LogP contribution in [-0.4, -0.2) is 112 Å². The second-order valence-corrected chi connectivity index (χ2v) is 11.0. The zero-order chi connectivity index (χ0) is 32.3. The Morgan fingerprint density at radius 2 is 1.44 bits per heavy atom. The molecule has 0 fully saturated rings. The molecule has 19 nitrogen and oxygen atoms in total. The second-order valence-electron chi connectivity index (χ2n) is 9.19. The third-order valence-electron chi connectivity index (χ3n) is 5.65. The number of aryl methyl sites for hydroxylation is 1. The summed E-state index contributed by atoms with van der Waals surface area (Å²) in [6, 6.07) is -2.90. The summed E-state index contributed by atoms with van der Waals surface area (Å²) in [6.07, 6.45) is -1.29. The fourth-order valence-electron chi connectivity index (χ4n) is 3.49. The highest BCUT2D eigenvalue weighted by molar-refractivity contribution is 7.90. The minimum absolute atomic E-state index is 0.105. The van der Waals surface area contributed by atoms with Gasteiger partial charge in [-0.25, -0.2) is 23.1 Å². The van der Waals surface area contributed by atoms with E-state index in [2.05, 4.69) is 36.6 Å². The SMILES string of the molecule is CCOCCNC(=O)CC[C@H](NC(=O)CC[C@H](NC(=O)CCCS(=O)(=O)NC(=O)CCCc1nnn[nH]1)C(=O)O)C(=O)O. The Bertz CT molecular complexity index is 1180. The number of hydrogen-bond acceptors (Lipinski definition) is 12. The van der Waals surface area contributed by atoms with E-state index in [1.54, 1.807) is 6.92 Å². The highest BCUT2D eigenvalue weighted by Gasteiger charge is 2.25. The predicted molar refractivity (Wildman–Crippen MR) is 145 cm³/mol. The second kappa shape index (κ2) is 19.8. The summed E-state index contributed by atoms with van der Waals surface area (Å²) < 4.78 is 31.2. The van der Waals surface area contributed by atoms with Crippen LogP contribution in [0.25, 0.3) is 0 Å². The molecule has 1 rings (SSSR count). The number of carboxylic acids is 2. The van der Waals surface area contributed by atoms with Crippen LogP contribution in [-0.2, 0) is 49.9 Å². The highest BCUT2D eigenvalue weighted by Crippen LogP contribution is 2.05. The molecule has 0 aliphatic carbocycles. The molecule has 43 heavy (non-hydrogen) atoms. The Labute approximate surface area is 247 Å². The maximum atomic E-state index is 12.2. The number of carbonyl (C=O) groups excluding carboxylic acids is 4. The Hall–Kier alpha value is -4.20. The molecule has 1 heterocycles. The first-order chi connectivity index (χ1) is 20.3. The predicted octanol–water partition coefficient (Wildman–Crippen LogP) is -2.40. The van der Waals surface area contributed by atoms with Crippen LogP contribution in [0.4, 0.5) is 0 Å². The van der Waals surface area contributed by atoms with E-state index in [1.165, 1.54) is 0 Å². The van der Waals surface area contributed by atoms with Gasteiger partial charge in [-0.1, -0.05) is 0 Å². The largest absolute Gasteiger partial charge is 0.480 e. The van der Waals surface area contributed by atoms with Crippen molar-refractivity contribution in [2.45, 2.75) is 76.8 Å². The van der Waals surface area contributed by atoms with E-state index in [0.29, 0.717) is 31.9 Å². The number of nitrogens with zero attached hydrogens (tertiary/aromatic N) is 3. The number of H-pyrrole nitrogens is 1. The van der Waals surface area contributed by atoms with E-state index < -0.39 is 69.8 Å². The molecule has 7 N–H and O–H groups in total. The number of nitrogens with one attached hydrogen (secondary N) is 5. The van der Waals surface area contributed by atoms with Crippen molar-refractivity contribution in [1.82, 2.24) is 41.3 Å².